The van der Waals surface area contributed by atoms with Gasteiger partial charge >= 0.3 is 12.2 Å². The highest BCUT2D eigenvalue weighted by Crippen LogP contribution is 2.15. The van der Waals surface area contributed by atoms with Crippen LogP contribution in [0.3, 0.4) is 0 Å². The molecule has 0 radical (unpaired) electrons. The van der Waals surface area contributed by atoms with E-state index in [1.165, 1.54) is 15.0 Å². The predicted molar refractivity (Wildman–Crippen MR) is 157 cm³/mol. The summed E-state index contributed by atoms with van der Waals surface area (Å²) in [5, 5.41) is 3.93. The number of carbonyl (C=O) groups is 4. The van der Waals surface area contributed by atoms with Crippen LogP contribution in [-0.4, -0.2) is 76.3 Å². The van der Waals surface area contributed by atoms with Crippen molar-refractivity contribution < 1.29 is 28.7 Å². The van der Waals surface area contributed by atoms with E-state index in [-0.39, 0.29) is 42.6 Å². The molecule has 2 fully saturated rings. The van der Waals surface area contributed by atoms with Gasteiger partial charge in [-0.3, -0.25) is 9.59 Å². The van der Waals surface area contributed by atoms with Crippen molar-refractivity contribution in [2.75, 3.05) is 37.9 Å². The molecular formula is C28H35Cl3N4O6. The van der Waals surface area contributed by atoms with E-state index in [9.17, 15) is 19.2 Å². The molecule has 4 rings (SSSR count). The summed E-state index contributed by atoms with van der Waals surface area (Å²) in [4.78, 5) is 45.0. The quantitative estimate of drug-likeness (QED) is 0.311. The van der Waals surface area contributed by atoms with E-state index in [0.29, 0.717) is 25.6 Å². The maximum Gasteiger partial charge on any atom is 0.429 e. The van der Waals surface area contributed by atoms with Crippen LogP contribution in [0.4, 0.5) is 9.59 Å². The number of hydrogen-bond donors (Lipinski definition) is 1. The van der Waals surface area contributed by atoms with Crippen molar-refractivity contribution >= 4 is 58.1 Å². The Morgan fingerprint density at radius 1 is 0.707 bits per heavy atom. The Balaban J connectivity index is 0.000000246. The lowest BCUT2D eigenvalue weighted by Crippen LogP contribution is -2.45. The fourth-order valence-corrected chi connectivity index (χ4v) is 4.15. The lowest BCUT2D eigenvalue weighted by molar-refractivity contribution is -0.141. The molecule has 2 aliphatic heterocycles. The van der Waals surface area contributed by atoms with Crippen LogP contribution < -0.4 is 5.43 Å². The van der Waals surface area contributed by atoms with Crippen LogP contribution in [0.25, 0.3) is 0 Å². The number of carbonyl (C=O) groups excluding carboxylic acids is 4. The summed E-state index contributed by atoms with van der Waals surface area (Å²) in [7, 11) is 0. The first-order chi connectivity index (χ1) is 19.8. The lowest BCUT2D eigenvalue weighted by Gasteiger charge is -2.26. The van der Waals surface area contributed by atoms with Gasteiger partial charge in [0.1, 0.15) is 13.2 Å². The lowest BCUT2D eigenvalue weighted by atomic mass is 10.2. The molecule has 2 saturated heterocycles. The van der Waals surface area contributed by atoms with E-state index < -0.39 is 6.09 Å². The molecule has 2 aromatic rings. The number of nitrogens with one attached hydrogen (secondary N) is 1. The molecule has 10 nitrogen and oxygen atoms in total. The standard InChI is InChI=1S/C14H17ClN2O3.C11H14N2O2.C3H4Cl2O/c15-8-7-13(18)16-9-4-10-17(16)14(19)20-11-12-5-2-1-3-6-12;14-11(13-8-4-7-12-13)15-9-10-5-2-1-3-6-10;4-2-1-3(5)6/h1-3,5-6H,4,7-11H2;1-3,5-6,12H,4,7-9H2;1-2H2. The van der Waals surface area contributed by atoms with Crippen LogP contribution >= 0.6 is 34.8 Å². The number of benzene rings is 2. The molecule has 224 valence electrons. The van der Waals surface area contributed by atoms with Crippen LogP contribution in [0.1, 0.15) is 36.8 Å². The number of rotatable bonds is 8. The summed E-state index contributed by atoms with van der Waals surface area (Å²) >= 11 is 15.5. The molecule has 13 heteroatoms. The molecule has 0 saturated carbocycles. The van der Waals surface area contributed by atoms with Gasteiger partial charge in [-0.05, 0) is 35.6 Å². The molecule has 3 amide bonds. The summed E-state index contributed by atoms with van der Waals surface area (Å²) < 4.78 is 10.4. The Bertz CT molecular complexity index is 1080. The van der Waals surface area contributed by atoms with Gasteiger partial charge in [0.05, 0.1) is 0 Å². The van der Waals surface area contributed by atoms with E-state index in [1.54, 1.807) is 0 Å². The molecule has 1 N–H and O–H groups in total. The number of halogens is 3. The van der Waals surface area contributed by atoms with Crippen molar-refractivity contribution in [1.82, 2.24) is 20.5 Å². The van der Waals surface area contributed by atoms with Gasteiger partial charge in [-0.15, -0.1) is 23.2 Å². The third-order valence-corrected chi connectivity index (χ3v) is 6.19. The molecule has 0 aliphatic carbocycles. The number of ether oxygens (including phenoxy) is 2. The minimum Gasteiger partial charge on any atom is -0.444 e. The minimum absolute atomic E-state index is 0.144. The average molecular weight is 630 g/mol. The fourth-order valence-electron chi connectivity index (χ4n) is 3.62. The van der Waals surface area contributed by atoms with Crippen molar-refractivity contribution in [3.8, 4) is 0 Å². The number of alkyl halides is 2. The summed E-state index contributed by atoms with van der Waals surface area (Å²) in [5.41, 5.74) is 4.87. The normalized spacial score (nSPS) is 13.9. The Kier molecular flexibility index (Phi) is 16.6. The van der Waals surface area contributed by atoms with Gasteiger partial charge in [-0.1, -0.05) is 60.7 Å². The number of hydrazine groups is 2. The van der Waals surface area contributed by atoms with Gasteiger partial charge in [0.2, 0.25) is 11.1 Å². The summed E-state index contributed by atoms with van der Waals surface area (Å²) in [6.07, 6.45) is 1.45. The van der Waals surface area contributed by atoms with E-state index in [4.69, 9.17) is 44.3 Å². The molecule has 0 bridgehead atoms. The minimum atomic E-state index is -0.491. The van der Waals surface area contributed by atoms with E-state index >= 15 is 0 Å². The third-order valence-electron chi connectivity index (χ3n) is 5.62. The highest BCUT2D eigenvalue weighted by atomic mass is 35.5. The SMILES string of the molecule is O=C(CCCl)N1CCCN1C(=O)OCc1ccccc1.O=C(Cl)CCCl.O=C(OCc1ccccc1)N1CCCN1. The Labute approximate surface area is 255 Å². The van der Waals surface area contributed by atoms with E-state index in [0.717, 1.165) is 37.1 Å². The van der Waals surface area contributed by atoms with E-state index in [2.05, 4.69) is 5.43 Å². The highest BCUT2D eigenvalue weighted by Gasteiger charge is 2.31. The first-order valence-corrected chi connectivity index (χ1v) is 14.6. The molecule has 2 aliphatic rings. The van der Waals surface area contributed by atoms with Gasteiger partial charge in [0, 0.05) is 50.8 Å². The van der Waals surface area contributed by atoms with Gasteiger partial charge in [-0.25, -0.2) is 30.0 Å². The molecule has 0 aromatic heterocycles. The van der Waals surface area contributed by atoms with Gasteiger partial charge in [0.25, 0.3) is 0 Å². The molecule has 41 heavy (non-hydrogen) atoms. The Morgan fingerprint density at radius 3 is 1.71 bits per heavy atom. The smallest absolute Gasteiger partial charge is 0.429 e. The van der Waals surface area contributed by atoms with Crippen molar-refractivity contribution in [3.05, 3.63) is 71.8 Å². The second-order valence-electron chi connectivity index (χ2n) is 8.72. The average Bonchev–Trinajstić information content (AvgIpc) is 3.70. The van der Waals surface area contributed by atoms with Crippen molar-refractivity contribution in [3.63, 3.8) is 0 Å². The Morgan fingerprint density at radius 2 is 1.24 bits per heavy atom. The molecule has 0 atom stereocenters. The van der Waals surface area contributed by atoms with Crippen molar-refractivity contribution in [2.45, 2.75) is 38.9 Å². The number of amides is 3. The molecule has 0 unspecified atom stereocenters. The van der Waals surface area contributed by atoms with Crippen LogP contribution in [0, 0.1) is 0 Å². The summed E-state index contributed by atoms with van der Waals surface area (Å²) in [6, 6.07) is 19.1. The highest BCUT2D eigenvalue weighted by molar-refractivity contribution is 6.63. The molecule has 2 heterocycles. The van der Waals surface area contributed by atoms with Crippen molar-refractivity contribution in [2.24, 2.45) is 0 Å². The maximum absolute atomic E-state index is 12.0. The molecule has 2 aromatic carbocycles. The maximum atomic E-state index is 12.0. The number of nitrogens with zero attached hydrogens (tertiary/aromatic N) is 3. The first kappa shape index (κ1) is 34.2. The Hall–Kier alpha value is -3.05. The second-order valence-corrected chi connectivity index (χ2v) is 9.90. The summed E-state index contributed by atoms with van der Waals surface area (Å²) in [5.74, 6) is 0.430. The van der Waals surface area contributed by atoms with Gasteiger partial charge in [0.15, 0.2) is 0 Å². The third kappa shape index (κ3) is 13.4. The number of hydrogen-bond acceptors (Lipinski definition) is 7. The van der Waals surface area contributed by atoms with Crippen LogP contribution in [0.2, 0.25) is 0 Å². The fraction of sp³-hybridized carbons (Fsp3) is 0.429. The zero-order valence-electron chi connectivity index (χ0n) is 22.7. The van der Waals surface area contributed by atoms with Crippen LogP contribution in [0.5, 0.6) is 0 Å². The van der Waals surface area contributed by atoms with Gasteiger partial charge < -0.3 is 9.47 Å². The molecular weight excluding hydrogens is 595 g/mol. The van der Waals surface area contributed by atoms with Crippen LogP contribution in [-0.2, 0) is 32.3 Å². The van der Waals surface area contributed by atoms with E-state index in [1.807, 2.05) is 60.7 Å². The summed E-state index contributed by atoms with van der Waals surface area (Å²) in [6.45, 7) is 3.15. The topological polar surface area (TPSA) is 108 Å². The van der Waals surface area contributed by atoms with Gasteiger partial charge in [-0.2, -0.15) is 0 Å². The predicted octanol–water partition coefficient (Wildman–Crippen LogP) is 5.32. The van der Waals surface area contributed by atoms with Crippen LogP contribution in [0.15, 0.2) is 60.7 Å². The molecule has 0 spiro atoms. The zero-order chi connectivity index (χ0) is 29.9. The monoisotopic (exact) mass is 628 g/mol. The first-order valence-electron chi connectivity index (χ1n) is 13.2. The second kappa shape index (κ2) is 19.9. The zero-order valence-corrected chi connectivity index (χ0v) is 25.0. The van der Waals surface area contributed by atoms with Crippen molar-refractivity contribution in [1.29, 1.82) is 0 Å². The largest absolute Gasteiger partial charge is 0.444 e.